The lowest BCUT2D eigenvalue weighted by molar-refractivity contribution is -0.385. The molecule has 0 aliphatic rings. The number of carbonyl (C=O) groups is 1. The third-order valence-corrected chi connectivity index (χ3v) is 2.64. The molecule has 1 amide bonds. The summed E-state index contributed by atoms with van der Waals surface area (Å²) in [5.41, 5.74) is -0.324. The number of benzene rings is 1. The Labute approximate surface area is 122 Å². The van der Waals surface area contributed by atoms with Gasteiger partial charge in [-0.05, 0) is 24.6 Å². The fourth-order valence-corrected chi connectivity index (χ4v) is 1.70. The molecule has 2 aromatic rings. The van der Waals surface area contributed by atoms with Crippen molar-refractivity contribution in [3.63, 3.8) is 0 Å². The molecule has 116 valence electrons. The zero-order valence-electron chi connectivity index (χ0n) is 11.2. The lowest BCUT2D eigenvalue weighted by Crippen LogP contribution is -2.15. The number of halogens is 2. The van der Waals surface area contributed by atoms with Crippen molar-refractivity contribution in [2.24, 2.45) is 0 Å². The molecular formula is C12H10F2N4O4. The fraction of sp³-hybridized carbons (Fsp3) is 0.167. The number of hydrogen-bond donors (Lipinski definition) is 2. The summed E-state index contributed by atoms with van der Waals surface area (Å²) in [6.45, 7) is -1.41. The molecule has 0 aliphatic heterocycles. The molecular weight excluding hydrogens is 302 g/mol. The number of rotatable bonds is 5. The predicted octanol–water partition coefficient (Wildman–Crippen LogP) is 2.48. The van der Waals surface area contributed by atoms with Crippen LogP contribution in [-0.4, -0.2) is 27.6 Å². The number of anilines is 1. The Bertz CT molecular complexity index is 717. The third-order valence-electron chi connectivity index (χ3n) is 2.64. The average molecular weight is 312 g/mol. The Balaban J connectivity index is 2.28. The smallest absolute Gasteiger partial charge is 0.387 e. The Hall–Kier alpha value is -3.04. The molecule has 10 heteroatoms. The van der Waals surface area contributed by atoms with E-state index in [1.807, 2.05) is 0 Å². The van der Waals surface area contributed by atoms with E-state index < -0.39 is 28.8 Å². The van der Waals surface area contributed by atoms with Crippen molar-refractivity contribution in [1.29, 1.82) is 0 Å². The molecule has 0 atom stereocenters. The van der Waals surface area contributed by atoms with E-state index in [1.54, 1.807) is 13.0 Å². The summed E-state index contributed by atoms with van der Waals surface area (Å²) in [5.74, 6) is -1.14. The van der Waals surface area contributed by atoms with Gasteiger partial charge in [-0.1, -0.05) is 6.07 Å². The first-order chi connectivity index (χ1) is 10.4. The number of carbonyl (C=O) groups excluding carboxylic acids is 1. The van der Waals surface area contributed by atoms with Gasteiger partial charge in [0.2, 0.25) is 5.69 Å². The Morgan fingerprint density at radius 3 is 2.86 bits per heavy atom. The molecule has 0 saturated heterocycles. The van der Waals surface area contributed by atoms with Crippen molar-refractivity contribution in [3.05, 3.63) is 45.8 Å². The van der Waals surface area contributed by atoms with Crippen LogP contribution >= 0.6 is 0 Å². The largest absolute Gasteiger partial charge is 0.433 e. The van der Waals surface area contributed by atoms with Crippen LogP contribution in [0.25, 0.3) is 0 Å². The number of nitro groups is 1. The van der Waals surface area contributed by atoms with Crippen molar-refractivity contribution in [3.8, 4) is 5.75 Å². The molecule has 0 aliphatic carbocycles. The van der Waals surface area contributed by atoms with Gasteiger partial charge in [0.05, 0.1) is 10.6 Å². The quantitative estimate of drug-likeness (QED) is 0.651. The van der Waals surface area contributed by atoms with Crippen LogP contribution in [-0.2, 0) is 0 Å². The summed E-state index contributed by atoms with van der Waals surface area (Å²) < 4.78 is 29.1. The predicted molar refractivity (Wildman–Crippen MR) is 71.0 cm³/mol. The van der Waals surface area contributed by atoms with E-state index in [9.17, 15) is 23.7 Å². The number of nitrogens with one attached hydrogen (secondary N) is 2. The molecule has 2 rings (SSSR count). The molecule has 2 N–H and O–H groups in total. The molecule has 0 radical (unpaired) electrons. The van der Waals surface area contributed by atoms with Crippen LogP contribution in [0, 0.1) is 17.0 Å². The van der Waals surface area contributed by atoms with Gasteiger partial charge in [-0.15, -0.1) is 0 Å². The summed E-state index contributed by atoms with van der Waals surface area (Å²) in [6, 6.07) is 4.23. The van der Waals surface area contributed by atoms with Gasteiger partial charge >= 0.3 is 12.3 Å². The highest BCUT2D eigenvalue weighted by molar-refractivity contribution is 6.06. The van der Waals surface area contributed by atoms with Gasteiger partial charge in [-0.2, -0.15) is 13.9 Å². The zero-order valence-corrected chi connectivity index (χ0v) is 11.2. The topological polar surface area (TPSA) is 110 Å². The van der Waals surface area contributed by atoms with Crippen LogP contribution in [0.15, 0.2) is 24.4 Å². The maximum atomic E-state index is 12.4. The van der Waals surface area contributed by atoms with Gasteiger partial charge in [0.1, 0.15) is 11.9 Å². The zero-order chi connectivity index (χ0) is 16.3. The maximum Gasteiger partial charge on any atom is 0.387 e. The second-order valence-electron chi connectivity index (χ2n) is 4.22. The van der Waals surface area contributed by atoms with Crippen LogP contribution in [0.5, 0.6) is 5.75 Å². The number of aromatic amines is 1. The van der Waals surface area contributed by atoms with E-state index in [0.29, 0.717) is 5.56 Å². The molecule has 0 bridgehead atoms. The highest BCUT2D eigenvalue weighted by Crippen LogP contribution is 2.28. The molecule has 0 fully saturated rings. The summed E-state index contributed by atoms with van der Waals surface area (Å²) in [6.07, 6.45) is 0.876. The van der Waals surface area contributed by atoms with E-state index in [4.69, 9.17) is 0 Å². The Morgan fingerprint density at radius 1 is 1.50 bits per heavy atom. The standard InChI is InChI=1S/C12H10F2N4O4/c1-6-2-3-7(9(4-6)22-12(13)14)16-11(19)10-8(18(20)21)5-15-17-10/h2-5,12H,1H3,(H,15,17)(H,16,19). The number of ether oxygens (including phenoxy) is 1. The fourth-order valence-electron chi connectivity index (χ4n) is 1.70. The normalized spacial score (nSPS) is 10.5. The number of alkyl halides is 2. The molecule has 1 heterocycles. The Morgan fingerprint density at radius 2 is 2.23 bits per heavy atom. The summed E-state index contributed by atoms with van der Waals surface area (Å²) in [7, 11) is 0. The highest BCUT2D eigenvalue weighted by atomic mass is 19.3. The third kappa shape index (κ3) is 3.34. The Kier molecular flexibility index (Phi) is 4.30. The number of nitrogens with zero attached hydrogens (tertiary/aromatic N) is 2. The first kappa shape index (κ1) is 15.4. The molecule has 1 aromatic carbocycles. The molecule has 0 saturated carbocycles. The minimum absolute atomic E-state index is 0.0419. The van der Waals surface area contributed by atoms with E-state index >= 15 is 0 Å². The molecule has 22 heavy (non-hydrogen) atoms. The van der Waals surface area contributed by atoms with Gasteiger partial charge in [0.15, 0.2) is 0 Å². The van der Waals surface area contributed by atoms with E-state index in [0.717, 1.165) is 6.20 Å². The van der Waals surface area contributed by atoms with Crippen LogP contribution in [0.1, 0.15) is 16.1 Å². The van der Waals surface area contributed by atoms with Gasteiger partial charge < -0.3 is 10.1 Å². The summed E-state index contributed by atoms with van der Waals surface area (Å²) in [5, 5.41) is 18.6. The number of aromatic nitrogens is 2. The first-order valence-corrected chi connectivity index (χ1v) is 5.93. The minimum Gasteiger partial charge on any atom is -0.433 e. The van der Waals surface area contributed by atoms with Crippen molar-refractivity contribution >= 4 is 17.3 Å². The van der Waals surface area contributed by atoms with Crippen LogP contribution < -0.4 is 10.1 Å². The maximum absolute atomic E-state index is 12.4. The van der Waals surface area contributed by atoms with Crippen molar-refractivity contribution in [2.45, 2.75) is 13.5 Å². The molecule has 0 unspecified atom stereocenters. The van der Waals surface area contributed by atoms with E-state index in [1.165, 1.54) is 12.1 Å². The number of aryl methyl sites for hydroxylation is 1. The van der Waals surface area contributed by atoms with Crippen molar-refractivity contribution < 1.29 is 23.2 Å². The van der Waals surface area contributed by atoms with Crippen LogP contribution in [0.2, 0.25) is 0 Å². The van der Waals surface area contributed by atoms with Crippen molar-refractivity contribution in [2.75, 3.05) is 5.32 Å². The second kappa shape index (κ2) is 6.16. The first-order valence-electron chi connectivity index (χ1n) is 5.93. The number of amides is 1. The van der Waals surface area contributed by atoms with Crippen LogP contribution in [0.3, 0.4) is 0 Å². The molecule has 0 spiro atoms. The lowest BCUT2D eigenvalue weighted by Gasteiger charge is -2.12. The number of hydrogen-bond acceptors (Lipinski definition) is 5. The highest BCUT2D eigenvalue weighted by Gasteiger charge is 2.24. The second-order valence-corrected chi connectivity index (χ2v) is 4.22. The van der Waals surface area contributed by atoms with Gasteiger partial charge in [-0.25, -0.2) is 0 Å². The van der Waals surface area contributed by atoms with Gasteiger partial charge in [0.25, 0.3) is 5.91 Å². The lowest BCUT2D eigenvalue weighted by atomic mass is 10.2. The van der Waals surface area contributed by atoms with Crippen LogP contribution in [0.4, 0.5) is 20.2 Å². The van der Waals surface area contributed by atoms with E-state index in [2.05, 4.69) is 20.3 Å². The number of H-pyrrole nitrogens is 1. The van der Waals surface area contributed by atoms with E-state index in [-0.39, 0.29) is 11.4 Å². The summed E-state index contributed by atoms with van der Waals surface area (Å²) >= 11 is 0. The van der Waals surface area contributed by atoms with Gasteiger partial charge in [0, 0.05) is 0 Å². The van der Waals surface area contributed by atoms with Gasteiger partial charge in [-0.3, -0.25) is 20.0 Å². The molecule has 1 aromatic heterocycles. The average Bonchev–Trinajstić information content (AvgIpc) is 2.90. The SMILES string of the molecule is Cc1ccc(NC(=O)c2[nH]ncc2[N+](=O)[O-])c(OC(F)F)c1. The summed E-state index contributed by atoms with van der Waals surface area (Å²) in [4.78, 5) is 21.9. The molecule has 8 nitrogen and oxygen atoms in total. The monoisotopic (exact) mass is 312 g/mol. The minimum atomic E-state index is -3.07. The van der Waals surface area contributed by atoms with Crippen molar-refractivity contribution in [1.82, 2.24) is 10.2 Å².